The molecule has 4 rings (SSSR count). The Morgan fingerprint density at radius 1 is 1.21 bits per heavy atom. The van der Waals surface area contributed by atoms with Gasteiger partial charge in [-0.25, -0.2) is 18.9 Å². The van der Waals surface area contributed by atoms with E-state index in [0.717, 1.165) is 11.3 Å². The summed E-state index contributed by atoms with van der Waals surface area (Å²) in [6, 6.07) is 9.69. The van der Waals surface area contributed by atoms with Crippen molar-refractivity contribution in [3.63, 3.8) is 0 Å². The van der Waals surface area contributed by atoms with Gasteiger partial charge in [0.25, 0.3) is 0 Å². The molecular weight excluding hydrogens is 375 g/mol. The van der Waals surface area contributed by atoms with E-state index in [1.807, 2.05) is 44.2 Å². The van der Waals surface area contributed by atoms with E-state index in [9.17, 15) is 9.18 Å². The fourth-order valence-electron chi connectivity index (χ4n) is 3.90. The number of anilines is 2. The number of halogens is 1. The summed E-state index contributed by atoms with van der Waals surface area (Å²) in [6.07, 6.45) is 0.240. The molecule has 154 valence electrons. The zero-order valence-corrected chi connectivity index (χ0v) is 16.6. The first-order valence-corrected chi connectivity index (χ1v) is 9.80. The average Bonchev–Trinajstić information content (AvgIpc) is 3.03. The summed E-state index contributed by atoms with van der Waals surface area (Å²) in [5.41, 5.74) is 8.48. The van der Waals surface area contributed by atoms with Crippen molar-refractivity contribution in [1.29, 1.82) is 0 Å². The van der Waals surface area contributed by atoms with E-state index in [-0.39, 0.29) is 31.1 Å². The molecule has 0 radical (unpaired) electrons. The highest BCUT2D eigenvalue weighted by atomic mass is 19.1. The second kappa shape index (κ2) is 7.82. The van der Waals surface area contributed by atoms with Crippen molar-refractivity contribution in [1.82, 2.24) is 19.2 Å². The van der Waals surface area contributed by atoms with Crippen LogP contribution in [0.3, 0.4) is 0 Å². The second-order valence-electron chi connectivity index (χ2n) is 7.40. The number of benzene rings is 1. The molecule has 2 N–H and O–H groups in total. The molecule has 0 aliphatic carbocycles. The number of nitrogens with two attached hydrogens (primary N) is 1. The van der Waals surface area contributed by atoms with Gasteiger partial charge in [0.05, 0.1) is 18.9 Å². The summed E-state index contributed by atoms with van der Waals surface area (Å²) in [5, 5.41) is 4.52. The lowest BCUT2D eigenvalue weighted by molar-refractivity contribution is -0.00513. The van der Waals surface area contributed by atoms with Crippen LogP contribution in [0.4, 0.5) is 16.0 Å². The van der Waals surface area contributed by atoms with Crippen LogP contribution in [0, 0.1) is 0 Å². The Morgan fingerprint density at radius 3 is 2.55 bits per heavy atom. The molecule has 2 aromatic heterocycles. The van der Waals surface area contributed by atoms with Crippen LogP contribution in [-0.2, 0) is 11.3 Å². The van der Waals surface area contributed by atoms with Crippen LogP contribution in [0.1, 0.15) is 20.3 Å². The van der Waals surface area contributed by atoms with E-state index in [0.29, 0.717) is 24.4 Å². The number of rotatable bonds is 5. The minimum absolute atomic E-state index is 0.0142. The van der Waals surface area contributed by atoms with Gasteiger partial charge in [0, 0.05) is 25.2 Å². The number of alkyl halides is 1. The van der Waals surface area contributed by atoms with Crippen LogP contribution >= 0.6 is 0 Å². The predicted molar refractivity (Wildman–Crippen MR) is 110 cm³/mol. The monoisotopic (exact) mass is 400 g/mol. The Kier molecular flexibility index (Phi) is 5.23. The van der Waals surface area contributed by atoms with Crippen LogP contribution in [0.2, 0.25) is 0 Å². The van der Waals surface area contributed by atoms with Crippen molar-refractivity contribution in [2.45, 2.75) is 39.0 Å². The van der Waals surface area contributed by atoms with Crippen LogP contribution < -0.4 is 16.3 Å². The molecule has 0 bridgehead atoms. The Balaban J connectivity index is 1.98. The molecule has 0 unspecified atom stereocenters. The standard InChI is InChI=1S/C20H25FN6O2/c1-13-11-25(12-14(2)29-13)17-16(15-7-4-3-5-8-15)23-19(22)27-18(17)24-26(20(27)28)10-6-9-21/h3-5,7-8,13-14H,6,9-12H2,1-2H3,(H2,22,23)/t13-,14+. The maximum Gasteiger partial charge on any atom is 0.353 e. The normalized spacial score (nSPS) is 19.8. The van der Waals surface area contributed by atoms with Crippen LogP contribution in [0.15, 0.2) is 35.1 Å². The Labute approximate surface area is 167 Å². The van der Waals surface area contributed by atoms with E-state index in [2.05, 4.69) is 15.0 Å². The lowest BCUT2D eigenvalue weighted by Crippen LogP contribution is -2.46. The van der Waals surface area contributed by atoms with Crippen molar-refractivity contribution >= 4 is 17.3 Å². The molecule has 1 aliphatic rings. The number of aryl methyl sites for hydroxylation is 1. The lowest BCUT2D eigenvalue weighted by atomic mass is 10.1. The summed E-state index contributed by atoms with van der Waals surface area (Å²) in [5.74, 6) is 0.0634. The first kappa shape index (κ1) is 19.4. The number of fused-ring (bicyclic) bond motifs is 1. The van der Waals surface area contributed by atoms with Gasteiger partial charge in [-0.3, -0.25) is 4.39 Å². The van der Waals surface area contributed by atoms with Gasteiger partial charge >= 0.3 is 5.69 Å². The summed E-state index contributed by atoms with van der Waals surface area (Å²) in [4.78, 5) is 19.6. The van der Waals surface area contributed by atoms with Gasteiger partial charge in [-0.1, -0.05) is 30.3 Å². The van der Waals surface area contributed by atoms with Crippen molar-refractivity contribution < 1.29 is 9.13 Å². The molecule has 2 atom stereocenters. The van der Waals surface area contributed by atoms with Gasteiger partial charge < -0.3 is 15.4 Å². The third kappa shape index (κ3) is 3.57. The Bertz CT molecular complexity index is 1050. The molecule has 3 heterocycles. The fraction of sp³-hybridized carbons (Fsp3) is 0.450. The highest BCUT2D eigenvalue weighted by Gasteiger charge is 2.29. The van der Waals surface area contributed by atoms with Gasteiger partial charge in [0.15, 0.2) is 5.65 Å². The molecule has 1 aromatic carbocycles. The summed E-state index contributed by atoms with van der Waals surface area (Å²) < 4.78 is 21.1. The van der Waals surface area contributed by atoms with Crippen LogP contribution in [-0.4, -0.2) is 51.1 Å². The number of ether oxygens (including phenoxy) is 1. The van der Waals surface area contributed by atoms with Crippen molar-refractivity contribution in [3.05, 3.63) is 40.8 Å². The minimum atomic E-state index is -0.519. The van der Waals surface area contributed by atoms with Gasteiger partial charge in [-0.15, -0.1) is 5.10 Å². The molecular formula is C20H25FN6O2. The predicted octanol–water partition coefficient (Wildman–Crippen LogP) is 2.11. The van der Waals surface area contributed by atoms with Crippen molar-refractivity contribution in [3.8, 4) is 11.3 Å². The van der Waals surface area contributed by atoms with E-state index in [1.54, 1.807) is 0 Å². The topological polar surface area (TPSA) is 90.7 Å². The number of nitrogens with zero attached hydrogens (tertiary/aromatic N) is 5. The van der Waals surface area contributed by atoms with E-state index in [1.165, 1.54) is 9.08 Å². The molecule has 0 saturated carbocycles. The van der Waals surface area contributed by atoms with Gasteiger partial charge in [0.1, 0.15) is 11.4 Å². The molecule has 29 heavy (non-hydrogen) atoms. The highest BCUT2D eigenvalue weighted by molar-refractivity contribution is 5.86. The number of hydrogen-bond donors (Lipinski definition) is 1. The van der Waals surface area contributed by atoms with Gasteiger partial charge in [-0.2, -0.15) is 0 Å². The SMILES string of the molecule is C[C@@H]1CN(c2c(-c3ccccc3)nc(N)n3c(=O)n(CCCF)nc23)C[C@H](C)O1. The average molecular weight is 400 g/mol. The summed E-state index contributed by atoms with van der Waals surface area (Å²) >= 11 is 0. The molecule has 0 spiro atoms. The van der Waals surface area contributed by atoms with Crippen molar-refractivity contribution in [2.24, 2.45) is 0 Å². The number of hydrogen-bond acceptors (Lipinski definition) is 6. The molecule has 1 aliphatic heterocycles. The highest BCUT2D eigenvalue weighted by Crippen LogP contribution is 2.34. The third-order valence-corrected chi connectivity index (χ3v) is 5.02. The Morgan fingerprint density at radius 2 is 1.90 bits per heavy atom. The number of aromatic nitrogens is 4. The second-order valence-corrected chi connectivity index (χ2v) is 7.40. The molecule has 9 heteroatoms. The molecule has 1 saturated heterocycles. The van der Waals surface area contributed by atoms with Gasteiger partial charge in [-0.05, 0) is 20.3 Å². The summed E-state index contributed by atoms with van der Waals surface area (Å²) in [6.45, 7) is 4.96. The molecule has 1 fully saturated rings. The maximum atomic E-state index is 12.8. The number of nitrogen functional groups attached to an aromatic ring is 1. The lowest BCUT2D eigenvalue weighted by Gasteiger charge is -2.37. The van der Waals surface area contributed by atoms with E-state index >= 15 is 0 Å². The third-order valence-electron chi connectivity index (χ3n) is 5.02. The zero-order chi connectivity index (χ0) is 20.5. The first-order valence-electron chi connectivity index (χ1n) is 9.80. The molecule has 8 nitrogen and oxygen atoms in total. The van der Waals surface area contributed by atoms with Crippen LogP contribution in [0.5, 0.6) is 0 Å². The minimum Gasteiger partial charge on any atom is -0.372 e. The summed E-state index contributed by atoms with van der Waals surface area (Å²) in [7, 11) is 0. The van der Waals surface area contributed by atoms with E-state index < -0.39 is 12.4 Å². The van der Waals surface area contributed by atoms with Gasteiger partial charge in [0.2, 0.25) is 5.95 Å². The largest absolute Gasteiger partial charge is 0.372 e. The van der Waals surface area contributed by atoms with Crippen LogP contribution in [0.25, 0.3) is 16.9 Å². The smallest absolute Gasteiger partial charge is 0.353 e. The number of morpholine rings is 1. The Hall–Kier alpha value is -2.94. The quantitative estimate of drug-likeness (QED) is 0.705. The zero-order valence-electron chi connectivity index (χ0n) is 16.6. The molecule has 0 amide bonds. The van der Waals surface area contributed by atoms with Crippen molar-refractivity contribution in [2.75, 3.05) is 30.4 Å². The fourth-order valence-corrected chi connectivity index (χ4v) is 3.90. The maximum absolute atomic E-state index is 12.8. The molecule has 3 aromatic rings. The first-order chi connectivity index (χ1) is 14.0. The van der Waals surface area contributed by atoms with E-state index in [4.69, 9.17) is 10.5 Å².